The fourth-order valence-electron chi connectivity index (χ4n) is 1.40. The molecule has 4 nitrogen and oxygen atoms in total. The standard InChI is InChI=1S/C10H12BrN2O2/c1-13(2)7-8(6-11)15-10(12-13)9-4-3-5-14-9/h3-6H,7H2,1-2H3/q+1/b8-6-. The summed E-state index contributed by atoms with van der Waals surface area (Å²) in [6.07, 6.45) is 1.60. The fourth-order valence-corrected chi connectivity index (χ4v) is 1.63. The summed E-state index contributed by atoms with van der Waals surface area (Å²) in [6, 6.07) is 3.64. The molecule has 0 radical (unpaired) electrons. The highest BCUT2D eigenvalue weighted by molar-refractivity contribution is 9.11. The van der Waals surface area contributed by atoms with Gasteiger partial charge in [-0.05, 0) is 17.2 Å². The summed E-state index contributed by atoms with van der Waals surface area (Å²) in [7, 11) is 4.00. The van der Waals surface area contributed by atoms with Crippen LogP contribution in [-0.4, -0.2) is 31.1 Å². The van der Waals surface area contributed by atoms with Crippen LogP contribution in [0.3, 0.4) is 0 Å². The summed E-state index contributed by atoms with van der Waals surface area (Å²) in [5.41, 5.74) is 0. The number of hydrogen-bond donors (Lipinski definition) is 0. The third-order valence-electron chi connectivity index (χ3n) is 1.99. The molecular formula is C10H12BrN2O2+. The van der Waals surface area contributed by atoms with Crippen LogP contribution in [0.1, 0.15) is 5.76 Å². The number of likely N-dealkylation sites (N-methyl/N-ethyl adjacent to an activating group) is 1. The topological polar surface area (TPSA) is 34.7 Å². The average Bonchev–Trinajstić information content (AvgIpc) is 2.68. The minimum Gasteiger partial charge on any atom is -0.459 e. The van der Waals surface area contributed by atoms with Gasteiger partial charge in [-0.15, -0.1) is 0 Å². The Labute approximate surface area is 96.5 Å². The van der Waals surface area contributed by atoms with Crippen molar-refractivity contribution >= 4 is 21.8 Å². The maximum Gasteiger partial charge on any atom is 0.315 e. The predicted molar refractivity (Wildman–Crippen MR) is 60.3 cm³/mol. The van der Waals surface area contributed by atoms with Gasteiger partial charge in [-0.3, -0.25) is 0 Å². The number of furan rings is 1. The Kier molecular flexibility index (Phi) is 2.67. The maximum atomic E-state index is 5.57. The summed E-state index contributed by atoms with van der Waals surface area (Å²) < 4.78 is 11.3. The van der Waals surface area contributed by atoms with E-state index in [-0.39, 0.29) is 0 Å². The summed E-state index contributed by atoms with van der Waals surface area (Å²) >= 11 is 3.27. The molecule has 0 fully saturated rings. The Morgan fingerprint density at radius 1 is 1.53 bits per heavy atom. The third-order valence-corrected chi connectivity index (χ3v) is 2.50. The Hall–Kier alpha value is -1.07. The van der Waals surface area contributed by atoms with Crippen LogP contribution in [0, 0.1) is 0 Å². The first kappa shape index (κ1) is 10.4. The molecule has 1 aliphatic heterocycles. The van der Waals surface area contributed by atoms with Crippen molar-refractivity contribution in [1.29, 1.82) is 0 Å². The molecule has 1 aromatic rings. The van der Waals surface area contributed by atoms with E-state index in [1.54, 1.807) is 11.2 Å². The molecule has 0 aliphatic carbocycles. The molecule has 0 unspecified atom stereocenters. The highest BCUT2D eigenvalue weighted by Gasteiger charge is 2.29. The van der Waals surface area contributed by atoms with Gasteiger partial charge in [0.15, 0.2) is 18.1 Å². The van der Waals surface area contributed by atoms with Crippen LogP contribution in [-0.2, 0) is 4.74 Å². The molecule has 80 valence electrons. The van der Waals surface area contributed by atoms with Crippen LogP contribution in [0.2, 0.25) is 0 Å². The van der Waals surface area contributed by atoms with Gasteiger partial charge in [0.05, 0.1) is 20.4 Å². The average molecular weight is 272 g/mol. The zero-order valence-electron chi connectivity index (χ0n) is 8.61. The monoisotopic (exact) mass is 271 g/mol. The summed E-state index contributed by atoms with van der Waals surface area (Å²) in [5.74, 6) is 2.00. The lowest BCUT2D eigenvalue weighted by Crippen LogP contribution is -2.41. The van der Waals surface area contributed by atoms with Crippen molar-refractivity contribution < 1.29 is 13.7 Å². The Morgan fingerprint density at radius 2 is 2.33 bits per heavy atom. The second-order valence-electron chi connectivity index (χ2n) is 3.84. The Morgan fingerprint density at radius 3 is 2.93 bits per heavy atom. The summed E-state index contributed by atoms with van der Waals surface area (Å²) in [5, 5.41) is 4.43. The van der Waals surface area contributed by atoms with Crippen molar-refractivity contribution in [2.24, 2.45) is 5.10 Å². The predicted octanol–water partition coefficient (Wildman–Crippen LogP) is 2.28. The lowest BCUT2D eigenvalue weighted by molar-refractivity contribution is -0.896. The van der Waals surface area contributed by atoms with Crippen LogP contribution in [0.4, 0.5) is 0 Å². The molecule has 0 atom stereocenters. The number of quaternary nitrogens is 1. The van der Waals surface area contributed by atoms with Gasteiger partial charge in [-0.25, -0.2) is 0 Å². The Bertz CT molecular complexity index is 407. The molecule has 0 saturated carbocycles. The van der Waals surface area contributed by atoms with E-state index in [9.17, 15) is 0 Å². The lowest BCUT2D eigenvalue weighted by atomic mass is 10.4. The van der Waals surface area contributed by atoms with E-state index in [1.807, 2.05) is 26.2 Å². The first-order valence-electron chi connectivity index (χ1n) is 4.55. The first-order chi connectivity index (χ1) is 7.11. The van der Waals surface area contributed by atoms with E-state index in [4.69, 9.17) is 9.15 Å². The Balaban J connectivity index is 2.36. The molecule has 15 heavy (non-hydrogen) atoms. The van der Waals surface area contributed by atoms with Gasteiger partial charge in [-0.1, -0.05) is 15.9 Å². The third kappa shape index (κ3) is 2.30. The fraction of sp³-hybridized carbons (Fsp3) is 0.300. The summed E-state index contributed by atoms with van der Waals surface area (Å²) in [4.78, 5) is 1.77. The van der Waals surface area contributed by atoms with E-state index in [2.05, 4.69) is 21.0 Å². The maximum absolute atomic E-state index is 5.57. The molecule has 0 N–H and O–H groups in total. The van der Waals surface area contributed by atoms with Gasteiger partial charge in [0.2, 0.25) is 0 Å². The molecule has 5 heteroatoms. The number of ether oxygens (including phenoxy) is 1. The quantitative estimate of drug-likeness (QED) is 0.735. The number of hydrogen-bond acceptors (Lipinski definition) is 3. The van der Waals surface area contributed by atoms with E-state index in [0.29, 0.717) is 16.3 Å². The van der Waals surface area contributed by atoms with Crippen LogP contribution < -0.4 is 0 Å². The SMILES string of the molecule is C[N+]1(C)C/C(=C/Br)OC(c2ccco2)=N1. The summed E-state index contributed by atoms with van der Waals surface area (Å²) in [6.45, 7) is 0.718. The van der Waals surface area contributed by atoms with Crippen LogP contribution in [0.25, 0.3) is 0 Å². The highest BCUT2D eigenvalue weighted by atomic mass is 79.9. The molecule has 2 rings (SSSR count). The van der Waals surface area contributed by atoms with Gasteiger partial charge < -0.3 is 9.15 Å². The van der Waals surface area contributed by atoms with Crippen LogP contribution >= 0.6 is 15.9 Å². The molecule has 1 aliphatic rings. The first-order valence-corrected chi connectivity index (χ1v) is 5.46. The lowest BCUT2D eigenvalue weighted by Gasteiger charge is -2.27. The molecular weight excluding hydrogens is 260 g/mol. The molecule has 0 amide bonds. The molecule has 1 aromatic heterocycles. The van der Waals surface area contributed by atoms with Crippen molar-refractivity contribution in [2.75, 3.05) is 20.6 Å². The largest absolute Gasteiger partial charge is 0.459 e. The van der Waals surface area contributed by atoms with E-state index in [1.165, 1.54) is 0 Å². The van der Waals surface area contributed by atoms with Crippen LogP contribution in [0.5, 0.6) is 0 Å². The number of rotatable bonds is 1. The van der Waals surface area contributed by atoms with Crippen LogP contribution in [0.15, 0.2) is 38.7 Å². The van der Waals surface area contributed by atoms with Gasteiger partial charge in [0.1, 0.15) is 0 Å². The molecule has 0 spiro atoms. The van der Waals surface area contributed by atoms with Crippen molar-refractivity contribution in [3.63, 3.8) is 0 Å². The highest BCUT2D eigenvalue weighted by Crippen LogP contribution is 2.19. The van der Waals surface area contributed by atoms with Gasteiger partial charge in [-0.2, -0.15) is 4.59 Å². The van der Waals surface area contributed by atoms with Crippen molar-refractivity contribution in [3.05, 3.63) is 34.9 Å². The van der Waals surface area contributed by atoms with Gasteiger partial charge in [0, 0.05) is 4.99 Å². The smallest absolute Gasteiger partial charge is 0.315 e. The normalized spacial score (nSPS) is 22.3. The molecule has 0 aromatic carbocycles. The minimum absolute atomic E-state index is 0.494. The van der Waals surface area contributed by atoms with Gasteiger partial charge in [0.25, 0.3) is 0 Å². The zero-order valence-corrected chi connectivity index (χ0v) is 10.2. The number of nitrogens with zero attached hydrogens (tertiary/aromatic N) is 2. The second-order valence-corrected chi connectivity index (χ2v) is 4.30. The van der Waals surface area contributed by atoms with E-state index in [0.717, 1.165) is 12.3 Å². The molecule has 0 saturated heterocycles. The van der Waals surface area contributed by atoms with Crippen molar-refractivity contribution in [3.8, 4) is 0 Å². The second kappa shape index (κ2) is 3.83. The van der Waals surface area contributed by atoms with Gasteiger partial charge >= 0.3 is 5.90 Å². The zero-order chi connectivity index (χ0) is 10.9. The minimum atomic E-state index is 0.494. The van der Waals surface area contributed by atoms with Crippen molar-refractivity contribution in [2.45, 2.75) is 0 Å². The molecule has 0 bridgehead atoms. The van der Waals surface area contributed by atoms with Crippen molar-refractivity contribution in [1.82, 2.24) is 0 Å². The number of halogens is 1. The van der Waals surface area contributed by atoms with E-state index < -0.39 is 0 Å². The molecule has 2 heterocycles. The van der Waals surface area contributed by atoms with E-state index >= 15 is 0 Å².